The zero-order chi connectivity index (χ0) is 12.1. The van der Waals surface area contributed by atoms with Gasteiger partial charge < -0.3 is 10.6 Å². The molecule has 2 N–H and O–H groups in total. The Kier molecular flexibility index (Phi) is 4.82. The first kappa shape index (κ1) is 13.1. The Hall–Kier alpha value is -1.01. The van der Waals surface area contributed by atoms with Crippen LogP contribution in [0.25, 0.3) is 0 Å². The van der Waals surface area contributed by atoms with E-state index in [-0.39, 0.29) is 16.7 Å². The van der Waals surface area contributed by atoms with Crippen LogP contribution in [0, 0.1) is 11.6 Å². The molecule has 0 atom stereocenters. The molecule has 0 radical (unpaired) electrons. The Balaban J connectivity index is 2.73. The van der Waals surface area contributed by atoms with E-state index >= 15 is 0 Å². The van der Waals surface area contributed by atoms with E-state index in [1.54, 1.807) is 0 Å². The summed E-state index contributed by atoms with van der Waals surface area (Å²) in [6.07, 6.45) is 0. The van der Waals surface area contributed by atoms with Crippen LogP contribution in [0.1, 0.15) is 6.92 Å². The van der Waals surface area contributed by atoms with Gasteiger partial charge in [0, 0.05) is 6.07 Å². The number of hydrogen-bond acceptors (Lipinski definition) is 2. The molecule has 0 aliphatic heterocycles. The standard InChI is InChI=1S/C10H11BrF2N2O/c1-2-14-5-10(16)15-9-4-7(12)6(11)3-8(9)13/h3-4,14H,2,5H2,1H3,(H,15,16). The fraction of sp³-hybridized carbons (Fsp3) is 0.300. The lowest BCUT2D eigenvalue weighted by Gasteiger charge is -2.07. The Bertz CT molecular complexity index is 399. The lowest BCUT2D eigenvalue weighted by atomic mass is 10.3. The first-order chi connectivity index (χ1) is 7.54. The predicted octanol–water partition coefficient (Wildman–Crippen LogP) is 2.28. The van der Waals surface area contributed by atoms with Gasteiger partial charge in [0.25, 0.3) is 0 Å². The van der Waals surface area contributed by atoms with Crippen molar-refractivity contribution in [1.82, 2.24) is 5.32 Å². The van der Waals surface area contributed by atoms with Crippen LogP contribution >= 0.6 is 15.9 Å². The second-order valence-electron chi connectivity index (χ2n) is 3.07. The summed E-state index contributed by atoms with van der Waals surface area (Å²) >= 11 is 2.85. The van der Waals surface area contributed by atoms with E-state index < -0.39 is 17.5 Å². The normalized spacial score (nSPS) is 10.2. The Morgan fingerprint density at radius 3 is 2.69 bits per heavy atom. The summed E-state index contributed by atoms with van der Waals surface area (Å²) in [4.78, 5) is 11.2. The van der Waals surface area contributed by atoms with Gasteiger partial charge >= 0.3 is 0 Å². The molecule has 0 aromatic heterocycles. The van der Waals surface area contributed by atoms with Crippen LogP contribution in [-0.4, -0.2) is 19.0 Å². The molecule has 0 heterocycles. The molecule has 0 spiro atoms. The number of hydrogen-bond donors (Lipinski definition) is 2. The number of anilines is 1. The van der Waals surface area contributed by atoms with Crippen molar-refractivity contribution in [1.29, 1.82) is 0 Å². The van der Waals surface area contributed by atoms with E-state index in [9.17, 15) is 13.6 Å². The summed E-state index contributed by atoms with van der Waals surface area (Å²) in [7, 11) is 0. The van der Waals surface area contributed by atoms with E-state index in [1.165, 1.54) is 0 Å². The lowest BCUT2D eigenvalue weighted by Crippen LogP contribution is -2.28. The van der Waals surface area contributed by atoms with Gasteiger partial charge in [-0.3, -0.25) is 4.79 Å². The van der Waals surface area contributed by atoms with Crippen LogP contribution in [0.2, 0.25) is 0 Å². The van der Waals surface area contributed by atoms with Crippen molar-refractivity contribution in [2.75, 3.05) is 18.4 Å². The van der Waals surface area contributed by atoms with Gasteiger partial charge in [-0.15, -0.1) is 0 Å². The smallest absolute Gasteiger partial charge is 0.238 e. The van der Waals surface area contributed by atoms with Gasteiger partial charge in [-0.05, 0) is 28.5 Å². The fourth-order valence-corrected chi connectivity index (χ4v) is 1.37. The monoisotopic (exact) mass is 292 g/mol. The number of rotatable bonds is 4. The highest BCUT2D eigenvalue weighted by molar-refractivity contribution is 9.10. The maximum absolute atomic E-state index is 13.3. The summed E-state index contributed by atoms with van der Waals surface area (Å²) in [5.74, 6) is -1.72. The number of carbonyl (C=O) groups excluding carboxylic acids is 1. The number of carbonyl (C=O) groups is 1. The van der Waals surface area contributed by atoms with Gasteiger partial charge in [0.05, 0.1) is 16.7 Å². The van der Waals surface area contributed by atoms with E-state index in [4.69, 9.17) is 0 Å². The quantitative estimate of drug-likeness (QED) is 0.836. The second-order valence-corrected chi connectivity index (χ2v) is 3.93. The minimum atomic E-state index is -0.682. The van der Waals surface area contributed by atoms with E-state index in [0.29, 0.717) is 6.54 Å². The number of likely N-dealkylation sites (N-methyl/N-ethyl adjacent to an activating group) is 1. The van der Waals surface area contributed by atoms with Crippen molar-refractivity contribution >= 4 is 27.5 Å². The van der Waals surface area contributed by atoms with Gasteiger partial charge in [0.2, 0.25) is 5.91 Å². The molecule has 0 fully saturated rings. The minimum Gasteiger partial charge on any atom is -0.322 e. The topological polar surface area (TPSA) is 41.1 Å². The van der Waals surface area contributed by atoms with Crippen molar-refractivity contribution in [3.63, 3.8) is 0 Å². The van der Waals surface area contributed by atoms with Crippen molar-refractivity contribution in [3.8, 4) is 0 Å². The molecular formula is C10H11BrF2N2O. The highest BCUT2D eigenvalue weighted by atomic mass is 79.9. The predicted molar refractivity (Wildman–Crippen MR) is 61.2 cm³/mol. The molecule has 0 aliphatic rings. The summed E-state index contributed by atoms with van der Waals surface area (Å²) in [6, 6.07) is 1.90. The molecule has 0 aliphatic carbocycles. The van der Waals surface area contributed by atoms with Crippen LogP contribution in [0.15, 0.2) is 16.6 Å². The van der Waals surface area contributed by atoms with E-state index in [0.717, 1.165) is 12.1 Å². The lowest BCUT2D eigenvalue weighted by molar-refractivity contribution is -0.115. The molecule has 0 saturated heterocycles. The fourth-order valence-electron chi connectivity index (χ4n) is 1.05. The highest BCUT2D eigenvalue weighted by Crippen LogP contribution is 2.23. The van der Waals surface area contributed by atoms with Crippen LogP contribution in [0.5, 0.6) is 0 Å². The second kappa shape index (κ2) is 5.91. The molecule has 0 saturated carbocycles. The average molecular weight is 293 g/mol. The zero-order valence-electron chi connectivity index (χ0n) is 8.61. The molecule has 1 amide bonds. The SMILES string of the molecule is CCNCC(=O)Nc1cc(F)c(Br)cc1F. The Morgan fingerprint density at radius 1 is 1.38 bits per heavy atom. The summed E-state index contributed by atoms with van der Waals surface area (Å²) in [6.45, 7) is 2.53. The summed E-state index contributed by atoms with van der Waals surface area (Å²) in [5, 5.41) is 5.05. The minimum absolute atomic E-state index is 0.0229. The third kappa shape index (κ3) is 3.53. The third-order valence-electron chi connectivity index (χ3n) is 1.82. The van der Waals surface area contributed by atoms with E-state index in [1.807, 2.05) is 6.92 Å². The molecule has 88 valence electrons. The van der Waals surface area contributed by atoms with Crippen LogP contribution in [-0.2, 0) is 4.79 Å². The summed E-state index contributed by atoms with van der Waals surface area (Å²) < 4.78 is 26.4. The first-order valence-corrected chi connectivity index (χ1v) is 5.49. The van der Waals surface area contributed by atoms with Gasteiger partial charge in [-0.2, -0.15) is 0 Å². The maximum Gasteiger partial charge on any atom is 0.238 e. The van der Waals surface area contributed by atoms with Gasteiger partial charge in [-0.1, -0.05) is 6.92 Å². The molecule has 6 heteroatoms. The van der Waals surface area contributed by atoms with Gasteiger partial charge in [0.1, 0.15) is 11.6 Å². The van der Waals surface area contributed by atoms with Crippen molar-refractivity contribution in [2.24, 2.45) is 0 Å². The molecule has 16 heavy (non-hydrogen) atoms. The number of halogens is 3. The Morgan fingerprint density at radius 2 is 2.06 bits per heavy atom. The van der Waals surface area contributed by atoms with Crippen LogP contribution < -0.4 is 10.6 Å². The zero-order valence-corrected chi connectivity index (χ0v) is 10.2. The largest absolute Gasteiger partial charge is 0.322 e. The molecule has 1 rings (SSSR count). The average Bonchev–Trinajstić information content (AvgIpc) is 2.23. The highest BCUT2D eigenvalue weighted by Gasteiger charge is 2.10. The van der Waals surface area contributed by atoms with E-state index in [2.05, 4.69) is 26.6 Å². The maximum atomic E-state index is 13.3. The van der Waals surface area contributed by atoms with Gasteiger partial charge in [0.15, 0.2) is 0 Å². The number of benzene rings is 1. The molecule has 1 aromatic carbocycles. The number of amides is 1. The molecular weight excluding hydrogens is 282 g/mol. The van der Waals surface area contributed by atoms with Crippen molar-refractivity contribution < 1.29 is 13.6 Å². The van der Waals surface area contributed by atoms with Gasteiger partial charge in [-0.25, -0.2) is 8.78 Å². The first-order valence-electron chi connectivity index (χ1n) is 4.69. The van der Waals surface area contributed by atoms with Crippen molar-refractivity contribution in [2.45, 2.75) is 6.92 Å². The molecule has 0 bridgehead atoms. The molecule has 1 aromatic rings. The van der Waals surface area contributed by atoms with Crippen LogP contribution in [0.4, 0.5) is 14.5 Å². The third-order valence-corrected chi connectivity index (χ3v) is 2.43. The molecule has 3 nitrogen and oxygen atoms in total. The number of nitrogens with one attached hydrogen (secondary N) is 2. The summed E-state index contributed by atoms with van der Waals surface area (Å²) in [5.41, 5.74) is -0.163. The van der Waals surface area contributed by atoms with Crippen LogP contribution in [0.3, 0.4) is 0 Å². The van der Waals surface area contributed by atoms with Crippen molar-refractivity contribution in [3.05, 3.63) is 28.2 Å². The Labute approximate surface area is 100 Å². The molecule has 0 unspecified atom stereocenters.